The van der Waals surface area contributed by atoms with Crippen LogP contribution in [0.4, 0.5) is 0 Å². The van der Waals surface area contributed by atoms with E-state index >= 15 is 0 Å². The molecule has 0 unspecified atom stereocenters. The number of hydrogen-bond donors (Lipinski definition) is 0. The van der Waals surface area contributed by atoms with Crippen molar-refractivity contribution < 1.29 is 9.15 Å². The summed E-state index contributed by atoms with van der Waals surface area (Å²) in [6.07, 6.45) is 0.918. The molecule has 0 spiro atoms. The van der Waals surface area contributed by atoms with Crippen LogP contribution in [0.5, 0.6) is 5.75 Å². The number of hydrogen-bond acceptors (Lipinski definition) is 2. The van der Waals surface area contributed by atoms with Crippen LogP contribution >= 0.6 is 15.9 Å². The normalized spacial score (nSPS) is 10.8. The van der Waals surface area contributed by atoms with Crippen molar-refractivity contribution in [1.29, 1.82) is 0 Å². The van der Waals surface area contributed by atoms with Crippen molar-refractivity contribution in [3.63, 3.8) is 0 Å². The predicted octanol–water partition coefficient (Wildman–Crippen LogP) is 5.21. The van der Waals surface area contributed by atoms with Gasteiger partial charge in [-0.05, 0) is 0 Å². The molecule has 0 N–H and O–H groups in total. The molecule has 0 aliphatic rings. The number of methoxy groups -OCH3 is 1. The first kappa shape index (κ1) is 20.0. The molecule has 0 atom stereocenters. The van der Waals surface area contributed by atoms with Gasteiger partial charge in [-0.25, -0.2) is 0 Å². The standard InChI is InChI=1S/C25H21BrO2Se/c1-27-20-14-12-19(13-15-20)23-22(16-17-26)25(29-21-10-6-3-7-11-21)24(28-23)18-8-4-2-5-9-18/h2-15H,16-17H2,1H3. The van der Waals surface area contributed by atoms with E-state index in [-0.39, 0.29) is 15.0 Å². The molecule has 0 saturated carbocycles. The molecule has 29 heavy (non-hydrogen) atoms. The molecule has 1 aromatic heterocycles. The summed E-state index contributed by atoms with van der Waals surface area (Å²) in [5.41, 5.74) is 3.49. The first-order valence-corrected chi connectivity index (χ1v) is 12.3. The molecule has 4 rings (SSSR count). The van der Waals surface area contributed by atoms with Gasteiger partial charge in [0.1, 0.15) is 0 Å². The Labute approximate surface area is 186 Å². The van der Waals surface area contributed by atoms with Crippen LogP contribution in [-0.4, -0.2) is 27.4 Å². The first-order chi connectivity index (χ1) is 14.3. The van der Waals surface area contributed by atoms with E-state index in [0.29, 0.717) is 0 Å². The maximum atomic E-state index is 6.57. The molecule has 0 aliphatic heterocycles. The van der Waals surface area contributed by atoms with Gasteiger partial charge in [-0.2, -0.15) is 0 Å². The summed E-state index contributed by atoms with van der Waals surface area (Å²) in [6, 6.07) is 29.2. The molecule has 0 fully saturated rings. The summed E-state index contributed by atoms with van der Waals surface area (Å²) in [4.78, 5) is 0. The molecule has 4 aromatic rings. The summed E-state index contributed by atoms with van der Waals surface area (Å²) >= 11 is 3.80. The molecule has 1 heterocycles. The molecule has 2 nitrogen and oxygen atoms in total. The molecule has 0 bridgehead atoms. The van der Waals surface area contributed by atoms with Crippen molar-refractivity contribution >= 4 is 39.8 Å². The van der Waals surface area contributed by atoms with Crippen molar-refractivity contribution in [1.82, 2.24) is 0 Å². The average Bonchev–Trinajstić information content (AvgIpc) is 3.13. The van der Waals surface area contributed by atoms with Crippen molar-refractivity contribution in [2.24, 2.45) is 0 Å². The number of halogens is 1. The second-order valence-electron chi connectivity index (χ2n) is 6.52. The van der Waals surface area contributed by atoms with Gasteiger partial charge in [-0.3, -0.25) is 0 Å². The third-order valence-corrected chi connectivity index (χ3v) is 7.45. The van der Waals surface area contributed by atoms with Crippen molar-refractivity contribution in [2.45, 2.75) is 6.42 Å². The van der Waals surface area contributed by atoms with Crippen LogP contribution in [0.3, 0.4) is 0 Å². The van der Waals surface area contributed by atoms with E-state index in [2.05, 4.69) is 82.7 Å². The number of benzene rings is 3. The van der Waals surface area contributed by atoms with Crippen LogP contribution in [-0.2, 0) is 6.42 Å². The Bertz CT molecular complexity index is 1060. The van der Waals surface area contributed by atoms with E-state index in [4.69, 9.17) is 9.15 Å². The zero-order chi connectivity index (χ0) is 20.1. The number of alkyl halides is 1. The molecular formula is C25H21BrO2Se. The average molecular weight is 512 g/mol. The first-order valence-electron chi connectivity index (χ1n) is 9.44. The Balaban J connectivity index is 1.88. The van der Waals surface area contributed by atoms with E-state index in [0.717, 1.165) is 40.1 Å². The monoisotopic (exact) mass is 512 g/mol. The summed E-state index contributed by atoms with van der Waals surface area (Å²) in [5.74, 6) is 2.79. The summed E-state index contributed by atoms with van der Waals surface area (Å²) in [6.45, 7) is 0. The van der Waals surface area contributed by atoms with Gasteiger partial charge >= 0.3 is 187 Å². The second kappa shape index (κ2) is 9.49. The Kier molecular flexibility index (Phi) is 6.56. The van der Waals surface area contributed by atoms with E-state index in [1.54, 1.807) is 7.11 Å². The second-order valence-corrected chi connectivity index (χ2v) is 9.58. The van der Waals surface area contributed by atoms with Crippen LogP contribution in [0.25, 0.3) is 22.6 Å². The van der Waals surface area contributed by atoms with Gasteiger partial charge in [0.25, 0.3) is 0 Å². The van der Waals surface area contributed by atoms with Crippen LogP contribution < -0.4 is 13.7 Å². The Hall–Kier alpha value is -2.26. The molecule has 0 aliphatic carbocycles. The van der Waals surface area contributed by atoms with Gasteiger partial charge < -0.3 is 0 Å². The zero-order valence-corrected chi connectivity index (χ0v) is 19.4. The third kappa shape index (κ3) is 4.51. The van der Waals surface area contributed by atoms with Crippen LogP contribution in [0, 0.1) is 0 Å². The third-order valence-electron chi connectivity index (χ3n) is 4.65. The van der Waals surface area contributed by atoms with Crippen molar-refractivity contribution in [2.75, 3.05) is 12.4 Å². The zero-order valence-electron chi connectivity index (χ0n) is 16.1. The number of rotatable bonds is 7. The maximum absolute atomic E-state index is 6.57. The van der Waals surface area contributed by atoms with Crippen molar-refractivity contribution in [3.05, 3.63) is 90.5 Å². The molecular weight excluding hydrogens is 491 g/mol. The molecule has 3 aromatic carbocycles. The SMILES string of the molecule is COc1ccc(-c2oc(-c3ccccc3)c([Se]c3ccccc3)c2CCBr)cc1. The quantitative estimate of drug-likeness (QED) is 0.251. The Morgan fingerprint density at radius 3 is 2.03 bits per heavy atom. The minimum absolute atomic E-state index is 0.151. The molecule has 0 radical (unpaired) electrons. The fourth-order valence-corrected chi connectivity index (χ4v) is 5.94. The van der Waals surface area contributed by atoms with E-state index in [1.807, 2.05) is 18.2 Å². The summed E-state index contributed by atoms with van der Waals surface area (Å²) in [7, 11) is 1.69. The summed E-state index contributed by atoms with van der Waals surface area (Å²) < 4.78 is 14.6. The molecule has 146 valence electrons. The van der Waals surface area contributed by atoms with Gasteiger partial charge in [0, 0.05) is 0 Å². The number of furan rings is 1. The van der Waals surface area contributed by atoms with E-state index in [9.17, 15) is 0 Å². The van der Waals surface area contributed by atoms with Gasteiger partial charge in [-0.1, -0.05) is 0 Å². The van der Waals surface area contributed by atoms with E-state index in [1.165, 1.54) is 14.5 Å². The predicted molar refractivity (Wildman–Crippen MR) is 125 cm³/mol. The van der Waals surface area contributed by atoms with Crippen molar-refractivity contribution in [3.8, 4) is 28.4 Å². The Morgan fingerprint density at radius 1 is 0.793 bits per heavy atom. The minimum atomic E-state index is 0.151. The fourth-order valence-electron chi connectivity index (χ4n) is 3.24. The van der Waals surface area contributed by atoms with Gasteiger partial charge in [-0.15, -0.1) is 0 Å². The molecule has 0 amide bonds. The fraction of sp³-hybridized carbons (Fsp3) is 0.120. The van der Waals surface area contributed by atoms with Gasteiger partial charge in [0.2, 0.25) is 0 Å². The molecule has 0 saturated heterocycles. The van der Waals surface area contributed by atoms with Crippen LogP contribution in [0.15, 0.2) is 89.3 Å². The van der Waals surface area contributed by atoms with E-state index < -0.39 is 0 Å². The molecule has 4 heteroatoms. The van der Waals surface area contributed by atoms with Gasteiger partial charge in [0.05, 0.1) is 0 Å². The van der Waals surface area contributed by atoms with Crippen LogP contribution in [0.1, 0.15) is 5.56 Å². The Morgan fingerprint density at radius 2 is 1.41 bits per heavy atom. The van der Waals surface area contributed by atoms with Crippen LogP contribution in [0.2, 0.25) is 0 Å². The summed E-state index contributed by atoms with van der Waals surface area (Å²) in [5, 5.41) is 0.891. The van der Waals surface area contributed by atoms with Gasteiger partial charge in [0.15, 0.2) is 0 Å². The number of ether oxygens (including phenoxy) is 1. The topological polar surface area (TPSA) is 22.4 Å².